The van der Waals surface area contributed by atoms with Crippen LogP contribution in [0.1, 0.15) is 0 Å². The summed E-state index contributed by atoms with van der Waals surface area (Å²) in [4.78, 5) is 0.318. The normalized spacial score (nSPS) is 12.5. The third-order valence-electron chi connectivity index (χ3n) is 2.28. The van der Waals surface area contributed by atoms with E-state index in [1.54, 1.807) is 18.3 Å². The average Bonchev–Trinajstić information content (AvgIpc) is 2.63. The van der Waals surface area contributed by atoms with Gasteiger partial charge >= 0.3 is 0 Å². The molecule has 0 bridgehead atoms. The fraction of sp³-hybridized carbons (Fsp3) is 0.200. The van der Waals surface area contributed by atoms with E-state index in [1.165, 1.54) is 18.4 Å². The van der Waals surface area contributed by atoms with Gasteiger partial charge in [-0.2, -0.15) is 0 Å². The van der Waals surface area contributed by atoms with Crippen molar-refractivity contribution in [2.24, 2.45) is 0 Å². The molecule has 0 amide bonds. The molecule has 0 atom stereocenters. The molecule has 0 aliphatic heterocycles. The summed E-state index contributed by atoms with van der Waals surface area (Å²) in [6, 6.07) is 7.01. The van der Waals surface area contributed by atoms with Gasteiger partial charge in [0.15, 0.2) is 0 Å². The Morgan fingerprint density at radius 1 is 1.20 bits per heavy atom. The number of rotatable bonds is 2. The Morgan fingerprint density at radius 2 is 1.93 bits per heavy atom. The van der Waals surface area contributed by atoms with E-state index in [4.69, 9.17) is 0 Å². The highest BCUT2D eigenvalue weighted by Crippen LogP contribution is 2.15. The van der Waals surface area contributed by atoms with Crippen molar-refractivity contribution in [3.8, 4) is 0 Å². The van der Waals surface area contributed by atoms with Crippen LogP contribution in [0.15, 0.2) is 41.6 Å². The lowest BCUT2D eigenvalue weighted by molar-refractivity contribution is 0.520. The number of hydrogen-bond acceptors (Lipinski definition) is 2. The van der Waals surface area contributed by atoms with E-state index in [9.17, 15) is 8.42 Å². The van der Waals surface area contributed by atoms with Crippen LogP contribution in [0.25, 0.3) is 5.52 Å². The maximum atomic E-state index is 11.8. The molecule has 0 aromatic carbocycles. The molecule has 0 saturated carbocycles. The Morgan fingerprint density at radius 3 is 2.60 bits per heavy atom. The Labute approximate surface area is 88.8 Å². The van der Waals surface area contributed by atoms with E-state index in [-0.39, 0.29) is 0 Å². The number of aromatic nitrogens is 1. The lowest BCUT2D eigenvalue weighted by atomic mass is 10.4. The molecule has 80 valence electrons. The van der Waals surface area contributed by atoms with E-state index >= 15 is 0 Å². The van der Waals surface area contributed by atoms with Crippen molar-refractivity contribution in [3.63, 3.8) is 0 Å². The topological polar surface area (TPSA) is 41.8 Å². The van der Waals surface area contributed by atoms with Gasteiger partial charge in [-0.25, -0.2) is 12.7 Å². The quantitative estimate of drug-likeness (QED) is 0.769. The second-order valence-corrected chi connectivity index (χ2v) is 5.64. The number of sulfonamides is 1. The molecular formula is C10H12N2O2S. The zero-order chi connectivity index (χ0) is 11.1. The second kappa shape index (κ2) is 3.36. The van der Waals surface area contributed by atoms with Crippen LogP contribution in [0.5, 0.6) is 0 Å². The van der Waals surface area contributed by atoms with E-state index in [2.05, 4.69) is 0 Å². The van der Waals surface area contributed by atoms with Crippen molar-refractivity contribution in [3.05, 3.63) is 36.7 Å². The van der Waals surface area contributed by atoms with Gasteiger partial charge in [-0.15, -0.1) is 0 Å². The molecule has 5 heteroatoms. The van der Waals surface area contributed by atoms with E-state index in [0.717, 1.165) is 5.52 Å². The van der Waals surface area contributed by atoms with Crippen LogP contribution in [0.4, 0.5) is 0 Å². The molecule has 0 unspecified atom stereocenters. The fourth-order valence-electron chi connectivity index (χ4n) is 1.38. The molecule has 0 fully saturated rings. The van der Waals surface area contributed by atoms with Gasteiger partial charge in [0.25, 0.3) is 0 Å². The van der Waals surface area contributed by atoms with Crippen molar-refractivity contribution in [2.75, 3.05) is 14.1 Å². The van der Waals surface area contributed by atoms with Crippen molar-refractivity contribution in [2.45, 2.75) is 4.90 Å². The van der Waals surface area contributed by atoms with E-state index in [0.29, 0.717) is 4.90 Å². The van der Waals surface area contributed by atoms with Gasteiger partial charge in [-0.05, 0) is 24.3 Å². The van der Waals surface area contributed by atoms with Crippen LogP contribution in [-0.4, -0.2) is 31.2 Å². The molecule has 0 aliphatic rings. The molecular weight excluding hydrogens is 212 g/mol. The molecule has 0 radical (unpaired) electrons. The van der Waals surface area contributed by atoms with Crippen LogP contribution in [0, 0.1) is 0 Å². The minimum absolute atomic E-state index is 0.318. The molecule has 0 aliphatic carbocycles. The van der Waals surface area contributed by atoms with Crippen LogP contribution in [0.3, 0.4) is 0 Å². The maximum Gasteiger partial charge on any atom is 0.242 e. The van der Waals surface area contributed by atoms with Gasteiger partial charge in [-0.1, -0.05) is 0 Å². The summed E-state index contributed by atoms with van der Waals surface area (Å²) in [6.45, 7) is 0. The van der Waals surface area contributed by atoms with Gasteiger partial charge in [0.2, 0.25) is 10.0 Å². The minimum atomic E-state index is -3.33. The van der Waals surface area contributed by atoms with Crippen molar-refractivity contribution in [1.82, 2.24) is 8.71 Å². The highest BCUT2D eigenvalue weighted by molar-refractivity contribution is 7.89. The Bertz CT molecular complexity index is 584. The van der Waals surface area contributed by atoms with Crippen LogP contribution >= 0.6 is 0 Å². The van der Waals surface area contributed by atoms with Gasteiger partial charge in [0.1, 0.15) is 0 Å². The standard InChI is InChI=1S/C10H12N2O2S/c1-11(2)15(13,14)10-5-7-12-6-3-4-9(12)8-10/h3-8H,1-2H3. The predicted octanol–water partition coefficient (Wildman–Crippen LogP) is 1.19. The summed E-state index contributed by atoms with van der Waals surface area (Å²) in [5, 5.41) is 0. The summed E-state index contributed by atoms with van der Waals surface area (Å²) < 4.78 is 26.7. The average molecular weight is 224 g/mol. The van der Waals surface area contributed by atoms with Gasteiger partial charge in [0, 0.05) is 32.0 Å². The number of nitrogens with zero attached hydrogens (tertiary/aromatic N) is 2. The smallest absolute Gasteiger partial charge is 0.242 e. The van der Waals surface area contributed by atoms with Gasteiger partial charge in [0.05, 0.1) is 4.90 Å². The molecule has 2 aromatic heterocycles. The molecule has 4 nitrogen and oxygen atoms in total. The highest BCUT2D eigenvalue weighted by atomic mass is 32.2. The van der Waals surface area contributed by atoms with Gasteiger partial charge < -0.3 is 4.40 Å². The monoisotopic (exact) mass is 224 g/mol. The SMILES string of the molecule is CN(C)S(=O)(=O)c1ccn2cccc2c1. The first kappa shape index (κ1) is 10.2. The number of hydrogen-bond donors (Lipinski definition) is 0. The van der Waals surface area contributed by atoms with Crippen molar-refractivity contribution < 1.29 is 8.42 Å². The first-order chi connectivity index (χ1) is 7.01. The lowest BCUT2D eigenvalue weighted by Gasteiger charge is -2.11. The maximum absolute atomic E-state index is 11.8. The molecule has 0 N–H and O–H groups in total. The van der Waals surface area contributed by atoms with Crippen molar-refractivity contribution >= 4 is 15.5 Å². The Hall–Kier alpha value is -1.33. The largest absolute Gasteiger partial charge is 0.324 e. The number of pyridine rings is 1. The third-order valence-corrected chi connectivity index (χ3v) is 4.09. The Kier molecular flexibility index (Phi) is 2.28. The fourth-order valence-corrected chi connectivity index (χ4v) is 2.31. The molecule has 0 saturated heterocycles. The lowest BCUT2D eigenvalue weighted by Crippen LogP contribution is -2.22. The predicted molar refractivity (Wildman–Crippen MR) is 58.3 cm³/mol. The molecule has 15 heavy (non-hydrogen) atoms. The van der Waals surface area contributed by atoms with Crippen LogP contribution < -0.4 is 0 Å². The van der Waals surface area contributed by atoms with E-state index in [1.807, 2.05) is 22.7 Å². The zero-order valence-electron chi connectivity index (χ0n) is 8.58. The molecule has 2 heterocycles. The third kappa shape index (κ3) is 1.64. The Balaban J connectivity index is 2.63. The summed E-state index contributed by atoms with van der Waals surface area (Å²) in [7, 11) is -0.275. The highest BCUT2D eigenvalue weighted by Gasteiger charge is 2.16. The molecule has 2 rings (SSSR count). The summed E-state index contributed by atoms with van der Waals surface area (Å²) in [6.07, 6.45) is 3.62. The second-order valence-electron chi connectivity index (χ2n) is 3.49. The summed E-state index contributed by atoms with van der Waals surface area (Å²) in [5.41, 5.74) is 0.873. The molecule has 0 spiro atoms. The van der Waals surface area contributed by atoms with Crippen LogP contribution in [0.2, 0.25) is 0 Å². The van der Waals surface area contributed by atoms with Crippen LogP contribution in [-0.2, 0) is 10.0 Å². The van der Waals surface area contributed by atoms with E-state index < -0.39 is 10.0 Å². The first-order valence-electron chi connectivity index (χ1n) is 4.51. The van der Waals surface area contributed by atoms with Crippen molar-refractivity contribution in [1.29, 1.82) is 0 Å². The zero-order valence-corrected chi connectivity index (χ0v) is 9.40. The number of fused-ring (bicyclic) bond motifs is 1. The minimum Gasteiger partial charge on any atom is -0.324 e. The summed E-state index contributed by atoms with van der Waals surface area (Å²) >= 11 is 0. The first-order valence-corrected chi connectivity index (χ1v) is 5.95. The summed E-state index contributed by atoms with van der Waals surface area (Å²) in [5.74, 6) is 0. The van der Waals surface area contributed by atoms with Gasteiger partial charge in [-0.3, -0.25) is 0 Å². The molecule has 2 aromatic rings.